The number of hydrogen-bond acceptors (Lipinski definition) is 5. The van der Waals surface area contributed by atoms with Crippen LogP contribution >= 0.6 is 0 Å². The summed E-state index contributed by atoms with van der Waals surface area (Å²) >= 11 is 0. The minimum Gasteiger partial charge on any atom is -0.505 e. The number of aryl methyl sites for hydroxylation is 1. The van der Waals surface area contributed by atoms with Crippen LogP contribution in [0.25, 0.3) is 11.0 Å². The molecule has 0 aliphatic carbocycles. The van der Waals surface area contributed by atoms with Gasteiger partial charge in [0.05, 0.1) is 11.9 Å². The van der Waals surface area contributed by atoms with Crippen LogP contribution in [0.5, 0.6) is 5.75 Å². The Kier molecular flexibility index (Phi) is 3.51. The monoisotopic (exact) mass is 276 g/mol. The van der Waals surface area contributed by atoms with Gasteiger partial charge in [-0.2, -0.15) is 0 Å². The number of carboxylic acids is 1. The van der Waals surface area contributed by atoms with Crippen molar-refractivity contribution in [2.24, 2.45) is 7.05 Å². The largest absolute Gasteiger partial charge is 0.505 e. The van der Waals surface area contributed by atoms with Crippen molar-refractivity contribution in [1.82, 2.24) is 9.55 Å². The predicted octanol–water partition coefficient (Wildman–Crippen LogP) is 0.687. The van der Waals surface area contributed by atoms with E-state index in [1.54, 1.807) is 12.1 Å². The number of Topliss-reactive ketones (excluding diaryl/α,β-unsaturated/α-hetero) is 1. The topological polar surface area (TPSA) is 109 Å². The SMILES string of the molecule is Cn1c(=O)c(C(=O)CCC(=O)O)c(O)c2ncccc21. The van der Waals surface area contributed by atoms with Crippen molar-refractivity contribution in [1.29, 1.82) is 0 Å². The molecule has 2 aromatic heterocycles. The predicted molar refractivity (Wildman–Crippen MR) is 69.8 cm³/mol. The second kappa shape index (κ2) is 5.12. The minimum absolute atomic E-state index is 0.133. The Bertz CT molecular complexity index is 763. The maximum Gasteiger partial charge on any atom is 0.303 e. The zero-order valence-electron chi connectivity index (χ0n) is 10.7. The average molecular weight is 276 g/mol. The van der Waals surface area contributed by atoms with Gasteiger partial charge in [0.15, 0.2) is 11.5 Å². The van der Waals surface area contributed by atoms with Crippen molar-refractivity contribution in [2.75, 3.05) is 0 Å². The zero-order chi connectivity index (χ0) is 14.9. The highest BCUT2D eigenvalue weighted by atomic mass is 16.4. The fourth-order valence-electron chi connectivity index (χ4n) is 1.94. The van der Waals surface area contributed by atoms with E-state index in [1.807, 2.05) is 0 Å². The molecule has 0 amide bonds. The van der Waals surface area contributed by atoms with Crippen LogP contribution < -0.4 is 5.56 Å². The maximum atomic E-state index is 12.1. The number of carbonyl (C=O) groups excluding carboxylic acids is 1. The van der Waals surface area contributed by atoms with E-state index in [1.165, 1.54) is 17.8 Å². The average Bonchev–Trinajstić information content (AvgIpc) is 2.43. The van der Waals surface area contributed by atoms with Crippen LogP contribution in [0.1, 0.15) is 23.2 Å². The molecular formula is C13H12N2O5. The summed E-state index contributed by atoms with van der Waals surface area (Å²) < 4.78 is 1.20. The van der Waals surface area contributed by atoms with Gasteiger partial charge in [-0.3, -0.25) is 19.4 Å². The molecule has 20 heavy (non-hydrogen) atoms. The molecule has 7 nitrogen and oxygen atoms in total. The molecule has 2 N–H and O–H groups in total. The third-order valence-electron chi connectivity index (χ3n) is 2.97. The van der Waals surface area contributed by atoms with Gasteiger partial charge in [0.1, 0.15) is 11.1 Å². The Morgan fingerprint density at radius 2 is 2.05 bits per heavy atom. The Morgan fingerprint density at radius 3 is 2.70 bits per heavy atom. The van der Waals surface area contributed by atoms with Gasteiger partial charge in [0.25, 0.3) is 5.56 Å². The van der Waals surface area contributed by atoms with E-state index in [4.69, 9.17) is 5.11 Å². The van der Waals surface area contributed by atoms with E-state index >= 15 is 0 Å². The lowest BCUT2D eigenvalue weighted by Crippen LogP contribution is -2.25. The van der Waals surface area contributed by atoms with Crippen LogP contribution in [0, 0.1) is 0 Å². The Hall–Kier alpha value is -2.70. The van der Waals surface area contributed by atoms with Crippen LogP contribution in [0.3, 0.4) is 0 Å². The van der Waals surface area contributed by atoms with Crippen molar-refractivity contribution in [3.63, 3.8) is 0 Å². The van der Waals surface area contributed by atoms with Crippen LogP contribution in [0.15, 0.2) is 23.1 Å². The third kappa shape index (κ3) is 2.25. The van der Waals surface area contributed by atoms with E-state index < -0.39 is 35.0 Å². The molecule has 0 aliphatic heterocycles. The molecule has 104 valence electrons. The van der Waals surface area contributed by atoms with Crippen LogP contribution in [-0.2, 0) is 11.8 Å². The Labute approximate surface area is 113 Å². The number of rotatable bonds is 4. The molecule has 0 fully saturated rings. The van der Waals surface area contributed by atoms with Gasteiger partial charge in [0.2, 0.25) is 0 Å². The number of ketones is 1. The Balaban J connectivity index is 2.62. The van der Waals surface area contributed by atoms with Crippen LogP contribution in [-0.4, -0.2) is 31.5 Å². The van der Waals surface area contributed by atoms with Crippen LogP contribution in [0.2, 0.25) is 0 Å². The van der Waals surface area contributed by atoms with E-state index in [0.717, 1.165) is 0 Å². The summed E-state index contributed by atoms with van der Waals surface area (Å²) in [5, 5.41) is 18.6. The standard InChI is InChI=1S/C13H12N2O5/c1-15-7-3-2-6-14-11(7)12(19)10(13(15)20)8(16)4-5-9(17)18/h2-3,6,19H,4-5H2,1H3,(H,17,18). The summed E-state index contributed by atoms with van der Waals surface area (Å²) in [4.78, 5) is 38.4. The lowest BCUT2D eigenvalue weighted by Gasteiger charge is -2.09. The molecule has 0 spiro atoms. The zero-order valence-corrected chi connectivity index (χ0v) is 10.7. The van der Waals surface area contributed by atoms with Gasteiger partial charge < -0.3 is 14.8 Å². The van der Waals surface area contributed by atoms with Crippen molar-refractivity contribution >= 4 is 22.8 Å². The number of aromatic hydroxyl groups is 1. The number of fused-ring (bicyclic) bond motifs is 1. The Morgan fingerprint density at radius 1 is 1.35 bits per heavy atom. The first-order chi connectivity index (χ1) is 9.43. The molecule has 0 unspecified atom stereocenters. The lowest BCUT2D eigenvalue weighted by atomic mass is 10.1. The molecular weight excluding hydrogens is 264 g/mol. The van der Waals surface area contributed by atoms with E-state index in [9.17, 15) is 19.5 Å². The molecule has 2 heterocycles. The number of hydrogen-bond donors (Lipinski definition) is 2. The number of carbonyl (C=O) groups is 2. The second-order valence-electron chi connectivity index (χ2n) is 4.28. The summed E-state index contributed by atoms with van der Waals surface area (Å²) in [5.41, 5.74) is -0.559. The first kappa shape index (κ1) is 13.7. The molecule has 2 aromatic rings. The van der Waals surface area contributed by atoms with Crippen molar-refractivity contribution in [2.45, 2.75) is 12.8 Å². The van der Waals surface area contributed by atoms with Gasteiger partial charge in [0, 0.05) is 19.7 Å². The highest BCUT2D eigenvalue weighted by Gasteiger charge is 2.21. The lowest BCUT2D eigenvalue weighted by molar-refractivity contribution is -0.136. The highest BCUT2D eigenvalue weighted by Crippen LogP contribution is 2.24. The molecule has 0 aliphatic rings. The van der Waals surface area contributed by atoms with Crippen molar-refractivity contribution < 1.29 is 19.8 Å². The number of aromatic nitrogens is 2. The number of aliphatic carboxylic acids is 1. The smallest absolute Gasteiger partial charge is 0.303 e. The van der Waals surface area contributed by atoms with Crippen molar-refractivity contribution in [3.8, 4) is 5.75 Å². The molecule has 0 saturated carbocycles. The van der Waals surface area contributed by atoms with Gasteiger partial charge in [-0.15, -0.1) is 0 Å². The molecule has 0 atom stereocenters. The van der Waals surface area contributed by atoms with Gasteiger partial charge in [-0.1, -0.05) is 0 Å². The third-order valence-corrected chi connectivity index (χ3v) is 2.97. The van der Waals surface area contributed by atoms with Gasteiger partial charge >= 0.3 is 5.97 Å². The summed E-state index contributed by atoms with van der Waals surface area (Å²) in [6, 6.07) is 3.20. The minimum atomic E-state index is -1.14. The normalized spacial score (nSPS) is 10.7. The van der Waals surface area contributed by atoms with E-state index in [0.29, 0.717) is 5.52 Å². The fraction of sp³-hybridized carbons (Fsp3) is 0.231. The maximum absolute atomic E-state index is 12.1. The fourth-order valence-corrected chi connectivity index (χ4v) is 1.94. The summed E-state index contributed by atoms with van der Waals surface area (Å²) in [6.07, 6.45) is 0.677. The number of pyridine rings is 2. The summed E-state index contributed by atoms with van der Waals surface area (Å²) in [6.45, 7) is 0. The summed E-state index contributed by atoms with van der Waals surface area (Å²) in [7, 11) is 1.46. The quantitative estimate of drug-likeness (QED) is 0.795. The first-order valence-electron chi connectivity index (χ1n) is 5.85. The highest BCUT2D eigenvalue weighted by molar-refractivity contribution is 6.03. The molecule has 0 radical (unpaired) electrons. The molecule has 0 aromatic carbocycles. The molecule has 7 heteroatoms. The van der Waals surface area contributed by atoms with Crippen molar-refractivity contribution in [3.05, 3.63) is 34.2 Å². The van der Waals surface area contributed by atoms with E-state index in [-0.39, 0.29) is 11.9 Å². The van der Waals surface area contributed by atoms with E-state index in [2.05, 4.69) is 4.98 Å². The van der Waals surface area contributed by atoms with Crippen LogP contribution in [0.4, 0.5) is 0 Å². The molecule has 0 saturated heterocycles. The molecule has 0 bridgehead atoms. The summed E-state index contributed by atoms with van der Waals surface area (Å²) in [5.74, 6) is -2.36. The number of carboxylic acid groups (broad SMARTS) is 1. The second-order valence-corrected chi connectivity index (χ2v) is 4.28. The number of nitrogens with zero attached hydrogens (tertiary/aromatic N) is 2. The molecule has 2 rings (SSSR count). The van der Waals surface area contributed by atoms with Gasteiger partial charge in [-0.25, -0.2) is 0 Å². The van der Waals surface area contributed by atoms with Gasteiger partial charge in [-0.05, 0) is 12.1 Å². The first-order valence-corrected chi connectivity index (χ1v) is 5.85.